The molecule has 0 saturated carbocycles. The molecule has 0 aromatic heterocycles. The molecule has 4 nitrogen and oxygen atoms in total. The van der Waals surface area contributed by atoms with E-state index < -0.39 is 0 Å². The highest BCUT2D eigenvalue weighted by Gasteiger charge is 2.30. The van der Waals surface area contributed by atoms with Crippen LogP contribution in [0.5, 0.6) is 0 Å². The van der Waals surface area contributed by atoms with Gasteiger partial charge in [0.25, 0.3) is 0 Å². The summed E-state index contributed by atoms with van der Waals surface area (Å²) < 4.78 is 10.4. The van der Waals surface area contributed by atoms with Crippen molar-refractivity contribution in [3.8, 4) is 0 Å². The summed E-state index contributed by atoms with van der Waals surface area (Å²) in [6.07, 6.45) is 1.23. The van der Waals surface area contributed by atoms with Crippen LogP contribution in [0.1, 0.15) is 13.3 Å². The molecule has 1 aliphatic heterocycles. The van der Waals surface area contributed by atoms with Gasteiger partial charge in [0.05, 0.1) is 13.2 Å². The first kappa shape index (κ1) is 13.9. The Hall–Kier alpha value is -0.160. The third-order valence-corrected chi connectivity index (χ3v) is 3.52. The quantitative estimate of drug-likeness (QED) is 0.694. The summed E-state index contributed by atoms with van der Waals surface area (Å²) in [5, 5.41) is 0. The van der Waals surface area contributed by atoms with Crippen LogP contribution in [0.25, 0.3) is 0 Å². The number of nitrogens with two attached hydrogens (primary N) is 1. The van der Waals surface area contributed by atoms with Crippen LogP contribution in [0.2, 0.25) is 0 Å². The SMILES string of the molecule is COCC1CCN(C(CN)C(C)COC)C1. The monoisotopic (exact) mass is 230 g/mol. The van der Waals surface area contributed by atoms with Gasteiger partial charge in [0, 0.05) is 33.4 Å². The molecule has 3 unspecified atom stereocenters. The number of likely N-dealkylation sites (tertiary alicyclic amines) is 1. The predicted molar refractivity (Wildman–Crippen MR) is 65.4 cm³/mol. The normalized spacial score (nSPS) is 25.9. The lowest BCUT2D eigenvalue weighted by Crippen LogP contribution is -2.45. The summed E-state index contributed by atoms with van der Waals surface area (Å²) in [5.41, 5.74) is 5.87. The second-order valence-corrected chi connectivity index (χ2v) is 4.84. The second kappa shape index (κ2) is 7.22. The molecule has 16 heavy (non-hydrogen) atoms. The van der Waals surface area contributed by atoms with Crippen LogP contribution < -0.4 is 5.73 Å². The zero-order chi connectivity index (χ0) is 12.0. The standard InChI is InChI=1S/C12H26N2O2/c1-10(8-15-2)12(6-13)14-5-4-11(7-14)9-16-3/h10-12H,4-9,13H2,1-3H3. The zero-order valence-corrected chi connectivity index (χ0v) is 10.8. The van der Waals surface area contributed by atoms with Crippen molar-refractivity contribution in [1.82, 2.24) is 4.90 Å². The molecule has 0 aliphatic carbocycles. The summed E-state index contributed by atoms with van der Waals surface area (Å²) in [7, 11) is 3.53. The van der Waals surface area contributed by atoms with E-state index in [2.05, 4.69) is 11.8 Å². The Morgan fingerprint density at radius 2 is 2.12 bits per heavy atom. The van der Waals surface area contributed by atoms with Crippen LogP contribution >= 0.6 is 0 Å². The van der Waals surface area contributed by atoms with E-state index in [9.17, 15) is 0 Å². The lowest BCUT2D eigenvalue weighted by Gasteiger charge is -2.31. The summed E-state index contributed by atoms with van der Waals surface area (Å²) in [4.78, 5) is 2.49. The lowest BCUT2D eigenvalue weighted by molar-refractivity contribution is 0.0906. The number of hydrogen-bond acceptors (Lipinski definition) is 4. The van der Waals surface area contributed by atoms with Crippen LogP contribution in [-0.4, -0.2) is 58.0 Å². The minimum Gasteiger partial charge on any atom is -0.384 e. The minimum absolute atomic E-state index is 0.446. The van der Waals surface area contributed by atoms with Crippen molar-refractivity contribution in [2.75, 3.05) is 47.1 Å². The fourth-order valence-electron chi connectivity index (χ4n) is 2.65. The number of nitrogens with zero attached hydrogens (tertiary/aromatic N) is 1. The fraction of sp³-hybridized carbons (Fsp3) is 1.00. The zero-order valence-electron chi connectivity index (χ0n) is 10.8. The van der Waals surface area contributed by atoms with Gasteiger partial charge in [-0.3, -0.25) is 4.90 Å². The van der Waals surface area contributed by atoms with Gasteiger partial charge in [-0.15, -0.1) is 0 Å². The molecule has 1 rings (SSSR count). The van der Waals surface area contributed by atoms with E-state index in [1.165, 1.54) is 6.42 Å². The molecule has 0 radical (unpaired) electrons. The van der Waals surface area contributed by atoms with Crippen molar-refractivity contribution >= 4 is 0 Å². The van der Waals surface area contributed by atoms with Gasteiger partial charge in [0.15, 0.2) is 0 Å². The third-order valence-electron chi connectivity index (χ3n) is 3.52. The molecule has 1 aliphatic rings. The van der Waals surface area contributed by atoms with Crippen LogP contribution in [0.3, 0.4) is 0 Å². The van der Waals surface area contributed by atoms with Crippen LogP contribution in [0.15, 0.2) is 0 Å². The Labute approximate surface area is 99.1 Å². The molecule has 0 aromatic rings. The molecule has 0 spiro atoms. The molecule has 4 heteroatoms. The Bertz CT molecular complexity index is 190. The molecule has 2 N–H and O–H groups in total. The minimum atomic E-state index is 0.446. The first-order chi connectivity index (χ1) is 7.72. The van der Waals surface area contributed by atoms with E-state index in [0.29, 0.717) is 24.4 Å². The summed E-state index contributed by atoms with van der Waals surface area (Å²) in [5.74, 6) is 1.17. The molecule has 1 saturated heterocycles. The van der Waals surface area contributed by atoms with Crippen LogP contribution in [0, 0.1) is 11.8 Å². The van der Waals surface area contributed by atoms with Gasteiger partial charge < -0.3 is 15.2 Å². The van der Waals surface area contributed by atoms with E-state index in [1.54, 1.807) is 14.2 Å². The fourth-order valence-corrected chi connectivity index (χ4v) is 2.65. The molecular formula is C12H26N2O2. The molecular weight excluding hydrogens is 204 g/mol. The molecule has 0 aromatic carbocycles. The maximum Gasteiger partial charge on any atom is 0.0503 e. The van der Waals surface area contributed by atoms with E-state index in [4.69, 9.17) is 15.2 Å². The van der Waals surface area contributed by atoms with Gasteiger partial charge >= 0.3 is 0 Å². The highest BCUT2D eigenvalue weighted by atomic mass is 16.5. The van der Waals surface area contributed by atoms with E-state index in [-0.39, 0.29) is 0 Å². The van der Waals surface area contributed by atoms with E-state index >= 15 is 0 Å². The van der Waals surface area contributed by atoms with E-state index in [1.807, 2.05) is 0 Å². The second-order valence-electron chi connectivity index (χ2n) is 4.84. The van der Waals surface area contributed by atoms with Gasteiger partial charge in [0.2, 0.25) is 0 Å². The first-order valence-electron chi connectivity index (χ1n) is 6.14. The average Bonchev–Trinajstić information content (AvgIpc) is 2.68. The lowest BCUT2D eigenvalue weighted by atomic mass is 10.0. The van der Waals surface area contributed by atoms with Crippen molar-refractivity contribution in [2.45, 2.75) is 19.4 Å². The first-order valence-corrected chi connectivity index (χ1v) is 6.14. The largest absolute Gasteiger partial charge is 0.384 e. The van der Waals surface area contributed by atoms with Crippen molar-refractivity contribution in [2.24, 2.45) is 17.6 Å². The van der Waals surface area contributed by atoms with Gasteiger partial charge in [-0.2, -0.15) is 0 Å². The molecule has 96 valence electrons. The van der Waals surface area contributed by atoms with Crippen LogP contribution in [-0.2, 0) is 9.47 Å². The summed E-state index contributed by atoms with van der Waals surface area (Å²) in [6.45, 7) is 6.84. The van der Waals surface area contributed by atoms with Gasteiger partial charge in [-0.05, 0) is 24.8 Å². The van der Waals surface area contributed by atoms with Gasteiger partial charge in [0.1, 0.15) is 0 Å². The Balaban J connectivity index is 2.42. The number of hydrogen-bond donors (Lipinski definition) is 1. The molecule has 0 bridgehead atoms. The molecule has 1 heterocycles. The maximum atomic E-state index is 5.87. The number of ether oxygens (including phenoxy) is 2. The molecule has 0 amide bonds. The highest BCUT2D eigenvalue weighted by molar-refractivity contribution is 4.84. The van der Waals surface area contributed by atoms with Gasteiger partial charge in [-0.1, -0.05) is 6.92 Å². The van der Waals surface area contributed by atoms with Crippen molar-refractivity contribution in [3.63, 3.8) is 0 Å². The Morgan fingerprint density at radius 3 is 2.69 bits per heavy atom. The van der Waals surface area contributed by atoms with E-state index in [0.717, 1.165) is 26.3 Å². The van der Waals surface area contributed by atoms with Crippen molar-refractivity contribution in [3.05, 3.63) is 0 Å². The third kappa shape index (κ3) is 3.70. The van der Waals surface area contributed by atoms with Crippen molar-refractivity contribution < 1.29 is 9.47 Å². The highest BCUT2D eigenvalue weighted by Crippen LogP contribution is 2.22. The number of methoxy groups -OCH3 is 2. The topological polar surface area (TPSA) is 47.7 Å². The average molecular weight is 230 g/mol. The summed E-state index contributed by atoms with van der Waals surface area (Å²) in [6, 6.07) is 0.446. The molecule has 3 atom stereocenters. The van der Waals surface area contributed by atoms with Crippen molar-refractivity contribution in [1.29, 1.82) is 0 Å². The Kier molecular flexibility index (Phi) is 6.28. The number of rotatable bonds is 7. The van der Waals surface area contributed by atoms with Gasteiger partial charge in [-0.25, -0.2) is 0 Å². The maximum absolute atomic E-state index is 5.87. The molecule has 1 fully saturated rings. The summed E-state index contributed by atoms with van der Waals surface area (Å²) >= 11 is 0. The predicted octanol–water partition coefficient (Wildman–Crippen LogP) is 0.565. The smallest absolute Gasteiger partial charge is 0.0503 e. The van der Waals surface area contributed by atoms with Crippen LogP contribution in [0.4, 0.5) is 0 Å². The Morgan fingerprint density at radius 1 is 1.38 bits per heavy atom.